The average Bonchev–Trinajstić information content (AvgIpc) is 0.759. The van der Waals surface area contributed by atoms with Crippen LogP contribution in [0.2, 0.25) is 0 Å². The molecular formula is C58H98N2O43. The van der Waals surface area contributed by atoms with E-state index in [1.807, 2.05) is 0 Å². The number of nitrogens with one attached hydrogen (secondary N) is 2. The average molecular weight is 1510 g/mol. The smallest absolute Gasteiger partial charge is 0.217 e. The molecule has 9 heterocycles. The van der Waals surface area contributed by atoms with Crippen LogP contribution in [0.15, 0.2) is 0 Å². The lowest BCUT2D eigenvalue weighted by Crippen LogP contribution is -2.71. The third kappa shape index (κ3) is 18.0. The van der Waals surface area contributed by atoms with E-state index in [2.05, 4.69) is 10.6 Å². The molecule has 0 spiro atoms. The van der Waals surface area contributed by atoms with Gasteiger partial charge in [0.15, 0.2) is 56.6 Å². The van der Waals surface area contributed by atoms with Gasteiger partial charge in [-0.2, -0.15) is 0 Å². The van der Waals surface area contributed by atoms with Gasteiger partial charge in [0.05, 0.1) is 58.0 Å². The molecule has 9 saturated heterocycles. The molecule has 0 unspecified atom stereocenters. The first-order valence-corrected chi connectivity index (χ1v) is 33.2. The second-order valence-corrected chi connectivity index (χ2v) is 26.6. The highest BCUT2D eigenvalue weighted by Crippen LogP contribution is 2.40. The van der Waals surface area contributed by atoms with E-state index in [0.717, 1.165) is 13.8 Å². The van der Waals surface area contributed by atoms with E-state index >= 15 is 0 Å². The fourth-order valence-electron chi connectivity index (χ4n) is 13.5. The third-order valence-corrected chi connectivity index (χ3v) is 19.4. The van der Waals surface area contributed by atoms with Gasteiger partial charge in [-0.3, -0.25) is 9.59 Å². The second-order valence-electron chi connectivity index (χ2n) is 26.6. The lowest BCUT2D eigenvalue weighted by molar-refractivity contribution is -0.408. The summed E-state index contributed by atoms with van der Waals surface area (Å²) in [5.41, 5.74) is 0. The summed E-state index contributed by atoms with van der Waals surface area (Å²) in [6.07, 6.45) is -84.5. The summed E-state index contributed by atoms with van der Waals surface area (Å²) in [6, 6.07) is -3.86. The highest BCUT2D eigenvalue weighted by atomic mass is 16.8. The molecule has 9 aliphatic rings. The van der Waals surface area contributed by atoms with Crippen LogP contribution in [0.3, 0.4) is 0 Å². The van der Waals surface area contributed by atoms with Crippen molar-refractivity contribution in [2.24, 2.45) is 0 Å². The maximum Gasteiger partial charge on any atom is 0.217 e. The Hall–Kier alpha value is -2.70. The van der Waals surface area contributed by atoms with E-state index in [4.69, 9.17) is 80.5 Å². The van der Waals surface area contributed by atoms with Crippen molar-refractivity contribution in [3.8, 4) is 0 Å². The topological polar surface area (TPSA) is 701 Å². The van der Waals surface area contributed by atoms with Crippen LogP contribution in [0, 0.1) is 0 Å². The van der Waals surface area contributed by atoms with Crippen LogP contribution >= 0.6 is 0 Å². The number of aliphatic hydroxyl groups is 24. The first-order chi connectivity index (χ1) is 48.6. The Morgan fingerprint density at radius 3 is 1.10 bits per heavy atom. The number of amides is 2. The maximum atomic E-state index is 13.3. The van der Waals surface area contributed by atoms with Crippen LogP contribution in [-0.4, -0.2) is 450 Å². The van der Waals surface area contributed by atoms with Crippen molar-refractivity contribution in [2.45, 2.75) is 311 Å². The van der Waals surface area contributed by atoms with Gasteiger partial charge in [0.25, 0.3) is 0 Å². The molecule has 103 heavy (non-hydrogen) atoms. The number of carbonyl (C=O) groups is 2. The van der Waals surface area contributed by atoms with Crippen LogP contribution in [0.25, 0.3) is 0 Å². The number of carbonyl (C=O) groups excluding carboxylic acids is 2. The molecule has 0 radical (unpaired) electrons. The summed E-state index contributed by atoms with van der Waals surface area (Å²) in [5.74, 6) is -1.87. The van der Waals surface area contributed by atoms with Crippen LogP contribution in [0.1, 0.15) is 34.6 Å². The molecular weight excluding hydrogens is 1410 g/mol. The van der Waals surface area contributed by atoms with Gasteiger partial charge in [-0.15, -0.1) is 0 Å². The Morgan fingerprint density at radius 2 is 0.602 bits per heavy atom. The number of hydrogen-bond donors (Lipinski definition) is 26. The summed E-state index contributed by atoms with van der Waals surface area (Å²) in [5, 5.41) is 268. The van der Waals surface area contributed by atoms with Crippen LogP contribution in [0.4, 0.5) is 0 Å². The van der Waals surface area contributed by atoms with Crippen molar-refractivity contribution in [1.29, 1.82) is 0 Å². The normalized spacial score (nSPS) is 52.3. The minimum Gasteiger partial charge on any atom is -0.394 e. The Labute approximate surface area is 584 Å². The highest BCUT2D eigenvalue weighted by molar-refractivity contribution is 5.73. The van der Waals surface area contributed by atoms with Gasteiger partial charge in [-0.05, 0) is 20.8 Å². The molecule has 45 atom stereocenters. The minimum atomic E-state index is -2.47. The van der Waals surface area contributed by atoms with E-state index in [9.17, 15) is 132 Å². The molecule has 0 saturated carbocycles. The fraction of sp³-hybridized carbons (Fsp3) is 0.966. The molecule has 45 nitrogen and oxygen atoms in total. The predicted molar refractivity (Wildman–Crippen MR) is 316 cm³/mol. The van der Waals surface area contributed by atoms with Crippen molar-refractivity contribution in [2.75, 3.05) is 39.6 Å². The van der Waals surface area contributed by atoms with Crippen molar-refractivity contribution < 1.29 is 213 Å². The zero-order valence-electron chi connectivity index (χ0n) is 55.7. The molecule has 45 heteroatoms. The molecule has 0 aromatic carbocycles. The van der Waals surface area contributed by atoms with E-state index in [-0.39, 0.29) is 0 Å². The second kappa shape index (κ2) is 36.0. The van der Waals surface area contributed by atoms with Crippen molar-refractivity contribution >= 4 is 11.8 Å². The van der Waals surface area contributed by atoms with Gasteiger partial charge in [0.1, 0.15) is 201 Å². The first-order valence-electron chi connectivity index (χ1n) is 33.2. The Bertz CT molecular complexity index is 2660. The van der Waals surface area contributed by atoms with Gasteiger partial charge >= 0.3 is 0 Å². The summed E-state index contributed by atoms with van der Waals surface area (Å²) in [7, 11) is 0. The maximum absolute atomic E-state index is 13.3. The standard InChI is InChI=1S/C58H98N2O43/c1-12-25(68)31(74)37(80)53(88-12)101-47-24(60-16(5)67)50(86)91-22(11-87-52-41(84)36(79)43(14(3)90-52)97-55-39(82)33(76)27(70)17(6-61)92-55)46(47)99-51-23(59-15(4)66)30(73)44(20(9-64)95-51)98-57-42(85)48(102-56-40(83)34(77)28(71)18(7-62)93-56)45(21(10-65)96-57)100-58-49(35(78)29(72)19(8-63)94-58)103-54-38(81)32(75)26(69)13(2)89-54/h12-14,17-58,61-65,68-86H,6-11H2,1-5H3,(H,59,66)(H,60,67)/t12-,13-,14-,17+,18+,19+,20+,21+,22+,23+,24+,25+,26+,27-,28+,29-,30+,31+,32+,33-,34-,35-,36-,37-,38-,39+,40-,41-,42-,43+,44+,45+,46+,47+,48+,49+,50+,51-,52+,53-,54-,55-,56+,57-,58-/m0/s1. The van der Waals surface area contributed by atoms with Gasteiger partial charge in [-0.25, -0.2) is 0 Å². The number of hydrogen-bond acceptors (Lipinski definition) is 43. The zero-order valence-corrected chi connectivity index (χ0v) is 55.7. The van der Waals surface area contributed by atoms with Crippen LogP contribution < -0.4 is 10.6 Å². The Balaban J connectivity index is 1.02. The number of aliphatic hydroxyl groups excluding tert-OH is 24. The van der Waals surface area contributed by atoms with Gasteiger partial charge in [0, 0.05) is 13.8 Å². The molecule has 9 rings (SSSR count). The SMILES string of the molecule is CC(=O)N[C@@H]1[C@@H](O[C@@H]2O[C@@H](C)[C@@H](O)[C@@H](O)[C@@H]2O)[C@H](O[C@@H]2O[C@H](CO)[C@@H](O[C@@H]3O[C@H](CO)[C@@H](O[C@@H]4O[C@H](CO)[C@H](O)[C@H](O)[C@H]4O[C@@H]4O[C@@H](C)[C@@H](O)[C@@H](O)[C@@H]4O)[C@H](O[C@H]4O[C@H](CO)[C@@H](O)[C@H](O)[C@@H]4O)[C@@H]3O)[C@H](O)[C@H]2NC(C)=O)[C@@H](CO[C@@H]2O[C@@H](C)[C@@H](O[C@@H]3O[C@H](CO)[C@H](O)[C@H](O)[C@H]3O)[C@@H](O)[C@@H]2O)O[C@H]1O. The van der Waals surface area contributed by atoms with E-state index in [0.29, 0.717) is 0 Å². The third-order valence-electron chi connectivity index (χ3n) is 19.4. The van der Waals surface area contributed by atoms with Gasteiger partial charge in [-0.1, -0.05) is 0 Å². The van der Waals surface area contributed by atoms with Gasteiger partial charge in [0.2, 0.25) is 11.8 Å². The molecule has 0 bridgehead atoms. The molecule has 598 valence electrons. The number of rotatable bonds is 24. The van der Waals surface area contributed by atoms with Crippen molar-refractivity contribution in [3.05, 3.63) is 0 Å². The van der Waals surface area contributed by atoms with Crippen LogP contribution in [0.5, 0.6) is 0 Å². The van der Waals surface area contributed by atoms with E-state index in [1.165, 1.54) is 20.8 Å². The molecule has 0 aromatic heterocycles. The molecule has 9 fully saturated rings. The quantitative estimate of drug-likeness (QED) is 0.0427. The monoisotopic (exact) mass is 1510 g/mol. The van der Waals surface area contributed by atoms with E-state index in [1.54, 1.807) is 0 Å². The summed E-state index contributed by atoms with van der Waals surface area (Å²) in [6.45, 7) is -0.604. The Kier molecular flexibility index (Phi) is 29.5. The number of ether oxygens (including phenoxy) is 17. The van der Waals surface area contributed by atoms with Gasteiger partial charge < -0.3 is 214 Å². The molecule has 2 amide bonds. The lowest BCUT2D eigenvalue weighted by atomic mass is 9.93. The molecule has 0 aliphatic carbocycles. The zero-order chi connectivity index (χ0) is 75.8. The summed E-state index contributed by atoms with van der Waals surface area (Å²) in [4.78, 5) is 26.3. The highest BCUT2D eigenvalue weighted by Gasteiger charge is 2.61. The molecule has 26 N–H and O–H groups in total. The predicted octanol–water partition coefficient (Wildman–Crippen LogP) is -17.3. The first kappa shape index (κ1) is 84.3. The lowest BCUT2D eigenvalue weighted by Gasteiger charge is -2.52. The van der Waals surface area contributed by atoms with Crippen molar-refractivity contribution in [3.63, 3.8) is 0 Å². The fourth-order valence-corrected chi connectivity index (χ4v) is 13.5. The Morgan fingerprint density at radius 1 is 0.272 bits per heavy atom. The summed E-state index contributed by atoms with van der Waals surface area (Å²) < 4.78 is 101. The molecule has 0 aromatic rings. The van der Waals surface area contributed by atoms with E-state index < -0.39 is 328 Å². The van der Waals surface area contributed by atoms with Crippen LogP contribution in [-0.2, 0) is 90.1 Å². The minimum absolute atomic E-state index is 0.855. The van der Waals surface area contributed by atoms with Crippen molar-refractivity contribution in [1.82, 2.24) is 10.6 Å². The summed E-state index contributed by atoms with van der Waals surface area (Å²) >= 11 is 0. The largest absolute Gasteiger partial charge is 0.394 e. The molecule has 9 aliphatic heterocycles.